The van der Waals surface area contributed by atoms with Gasteiger partial charge in [-0.3, -0.25) is 0 Å². The lowest BCUT2D eigenvalue weighted by molar-refractivity contribution is 0.575. The van der Waals surface area contributed by atoms with Gasteiger partial charge in [0.2, 0.25) is 0 Å². The number of nitrogens with zero attached hydrogens (tertiary/aromatic N) is 1. The Labute approximate surface area is 132 Å². The summed E-state index contributed by atoms with van der Waals surface area (Å²) in [5, 5.41) is 3.77. The van der Waals surface area contributed by atoms with Crippen molar-refractivity contribution in [3.63, 3.8) is 0 Å². The molecule has 1 rings (SSSR count). The van der Waals surface area contributed by atoms with Gasteiger partial charge in [-0.15, -0.1) is 0 Å². The molecule has 1 aromatic heterocycles. The first-order valence-electron chi connectivity index (χ1n) is 7.17. The number of nitrogens with one attached hydrogen (secondary N) is 2. The molecule has 0 aromatic carbocycles. The van der Waals surface area contributed by atoms with Gasteiger partial charge in [-0.1, -0.05) is 19.9 Å². The van der Waals surface area contributed by atoms with Crippen LogP contribution in [0.4, 0.5) is 0 Å². The Balaban J connectivity index is 2.54. The van der Waals surface area contributed by atoms with E-state index in [1.54, 1.807) is 30.1 Å². The molecule has 0 saturated carbocycles. The number of rotatable bonds is 10. The molecule has 0 spiro atoms. The molecular weight excluding hydrogens is 306 g/mol. The molecule has 0 amide bonds. The van der Waals surface area contributed by atoms with Crippen molar-refractivity contribution in [1.82, 2.24) is 15.0 Å². The highest BCUT2D eigenvalue weighted by Gasteiger charge is 2.15. The molecule has 0 aliphatic rings. The number of pyridine rings is 1. The van der Waals surface area contributed by atoms with Gasteiger partial charge in [0.15, 0.2) is 5.03 Å². The van der Waals surface area contributed by atoms with E-state index >= 15 is 0 Å². The molecule has 2 N–H and O–H groups in total. The second kappa shape index (κ2) is 9.40. The van der Waals surface area contributed by atoms with Gasteiger partial charge in [-0.05, 0) is 37.3 Å². The van der Waals surface area contributed by atoms with Gasteiger partial charge in [0.25, 0.3) is 10.0 Å². The van der Waals surface area contributed by atoms with Gasteiger partial charge in [-0.25, -0.2) is 18.1 Å². The van der Waals surface area contributed by atoms with Crippen LogP contribution in [0.15, 0.2) is 23.4 Å². The molecule has 1 atom stereocenters. The Morgan fingerprint density at radius 3 is 2.67 bits per heavy atom. The Morgan fingerprint density at radius 1 is 1.33 bits per heavy atom. The zero-order chi connectivity index (χ0) is 15.7. The van der Waals surface area contributed by atoms with Crippen LogP contribution < -0.4 is 10.0 Å². The minimum Gasteiger partial charge on any atom is -0.313 e. The highest BCUT2D eigenvalue weighted by molar-refractivity contribution is 7.99. The van der Waals surface area contributed by atoms with E-state index in [2.05, 4.69) is 28.9 Å². The average molecular weight is 332 g/mol. The highest BCUT2D eigenvalue weighted by atomic mass is 32.2. The summed E-state index contributed by atoms with van der Waals surface area (Å²) in [6.07, 6.45) is 5.51. The van der Waals surface area contributed by atoms with E-state index in [-0.39, 0.29) is 5.03 Å². The van der Waals surface area contributed by atoms with Crippen LogP contribution in [0.5, 0.6) is 0 Å². The van der Waals surface area contributed by atoms with Crippen LogP contribution in [0.2, 0.25) is 0 Å². The summed E-state index contributed by atoms with van der Waals surface area (Å²) in [5.41, 5.74) is 0.985. The quantitative estimate of drug-likeness (QED) is 0.642. The third-order valence-corrected chi connectivity index (χ3v) is 5.49. The molecule has 5 nitrogen and oxygen atoms in total. The van der Waals surface area contributed by atoms with Gasteiger partial charge in [0, 0.05) is 24.5 Å². The molecule has 0 aliphatic heterocycles. The summed E-state index contributed by atoms with van der Waals surface area (Å²) < 4.78 is 26.7. The lowest BCUT2D eigenvalue weighted by atomic mass is 10.3. The Kier molecular flexibility index (Phi) is 8.24. The van der Waals surface area contributed by atoms with Crippen LogP contribution in [-0.2, 0) is 16.6 Å². The number of hydrogen-bond donors (Lipinski definition) is 2. The zero-order valence-electron chi connectivity index (χ0n) is 12.9. The van der Waals surface area contributed by atoms with Crippen LogP contribution >= 0.6 is 11.8 Å². The molecule has 0 bridgehead atoms. The fraction of sp³-hybridized carbons (Fsp3) is 0.643. The number of thioether (sulfide) groups is 1. The van der Waals surface area contributed by atoms with Crippen LogP contribution in [0, 0.1) is 0 Å². The first-order chi connectivity index (χ1) is 9.99. The van der Waals surface area contributed by atoms with E-state index in [1.807, 2.05) is 6.26 Å². The van der Waals surface area contributed by atoms with Crippen molar-refractivity contribution in [2.24, 2.45) is 0 Å². The maximum Gasteiger partial charge on any atom is 0.258 e. The van der Waals surface area contributed by atoms with Gasteiger partial charge < -0.3 is 5.32 Å². The second-order valence-corrected chi connectivity index (χ2v) is 7.90. The van der Waals surface area contributed by atoms with E-state index in [0.29, 0.717) is 18.3 Å². The van der Waals surface area contributed by atoms with Crippen molar-refractivity contribution in [3.8, 4) is 0 Å². The molecule has 7 heteroatoms. The largest absolute Gasteiger partial charge is 0.313 e. The maximum atomic E-state index is 12.1. The summed E-state index contributed by atoms with van der Waals surface area (Å²) in [4.78, 5) is 4.05. The number of aromatic nitrogens is 1. The summed E-state index contributed by atoms with van der Waals surface area (Å²) in [6.45, 7) is 6.26. The topological polar surface area (TPSA) is 71.1 Å². The van der Waals surface area contributed by atoms with E-state index in [0.717, 1.165) is 24.9 Å². The van der Waals surface area contributed by atoms with Crippen LogP contribution in [0.25, 0.3) is 0 Å². The monoisotopic (exact) mass is 331 g/mol. The van der Waals surface area contributed by atoms with E-state index in [4.69, 9.17) is 0 Å². The minimum absolute atomic E-state index is 0.0820. The lowest BCUT2D eigenvalue weighted by Gasteiger charge is -2.10. The smallest absolute Gasteiger partial charge is 0.258 e. The lowest BCUT2D eigenvalue weighted by Crippen LogP contribution is -2.27. The molecule has 1 aromatic rings. The molecule has 0 fully saturated rings. The van der Waals surface area contributed by atoms with E-state index in [9.17, 15) is 8.42 Å². The normalized spacial score (nSPS) is 13.3. The van der Waals surface area contributed by atoms with Gasteiger partial charge >= 0.3 is 0 Å². The summed E-state index contributed by atoms with van der Waals surface area (Å²) in [6, 6.07) is 3.36. The molecule has 120 valence electrons. The molecule has 1 heterocycles. The summed E-state index contributed by atoms with van der Waals surface area (Å²) in [7, 11) is -3.50. The van der Waals surface area contributed by atoms with Gasteiger partial charge in [0.05, 0.1) is 0 Å². The van der Waals surface area contributed by atoms with E-state index in [1.165, 1.54) is 0 Å². The Morgan fingerprint density at radius 2 is 2.10 bits per heavy atom. The van der Waals surface area contributed by atoms with Gasteiger partial charge in [-0.2, -0.15) is 11.8 Å². The highest BCUT2D eigenvalue weighted by Crippen LogP contribution is 2.10. The molecule has 0 radical (unpaired) electrons. The Bertz CT molecular complexity index is 503. The Hall–Kier alpha value is -0.630. The summed E-state index contributed by atoms with van der Waals surface area (Å²) in [5.74, 6) is 0. The van der Waals surface area contributed by atoms with Crippen molar-refractivity contribution >= 4 is 21.8 Å². The third kappa shape index (κ3) is 6.78. The van der Waals surface area contributed by atoms with Crippen molar-refractivity contribution < 1.29 is 8.42 Å². The van der Waals surface area contributed by atoms with Crippen LogP contribution in [0.1, 0.15) is 32.3 Å². The summed E-state index contributed by atoms with van der Waals surface area (Å²) >= 11 is 1.73. The van der Waals surface area contributed by atoms with Crippen molar-refractivity contribution in [2.45, 2.75) is 43.5 Å². The third-order valence-electron chi connectivity index (χ3n) is 3.07. The zero-order valence-corrected chi connectivity index (χ0v) is 14.6. The van der Waals surface area contributed by atoms with Crippen LogP contribution in [-0.4, -0.2) is 38.0 Å². The standard InChI is InChI=1S/C14H25N3O2S2/c1-4-8-15-10-13-5-6-14(16-11-13)21(18,19)17-9-7-12(2)20-3/h5-6,11-12,15,17H,4,7-10H2,1-3H3. The first kappa shape index (κ1) is 18.4. The second-order valence-electron chi connectivity index (χ2n) is 4.91. The van der Waals surface area contributed by atoms with E-state index < -0.39 is 10.0 Å². The maximum absolute atomic E-state index is 12.1. The SMILES string of the molecule is CCCNCc1ccc(S(=O)(=O)NCCC(C)SC)nc1. The fourth-order valence-corrected chi connectivity index (χ4v) is 3.00. The predicted molar refractivity (Wildman–Crippen MR) is 89.0 cm³/mol. The molecular formula is C14H25N3O2S2. The minimum atomic E-state index is -3.50. The average Bonchev–Trinajstić information content (AvgIpc) is 2.47. The number of sulfonamides is 1. The molecule has 1 unspecified atom stereocenters. The molecule has 0 aliphatic carbocycles. The van der Waals surface area contributed by atoms with Crippen LogP contribution in [0.3, 0.4) is 0 Å². The molecule has 21 heavy (non-hydrogen) atoms. The van der Waals surface area contributed by atoms with Crippen molar-refractivity contribution in [2.75, 3.05) is 19.3 Å². The van der Waals surface area contributed by atoms with Crippen molar-refractivity contribution in [3.05, 3.63) is 23.9 Å². The molecule has 0 saturated heterocycles. The fourth-order valence-electron chi connectivity index (χ4n) is 1.67. The first-order valence-corrected chi connectivity index (χ1v) is 9.94. The predicted octanol–water partition coefficient (Wildman–Crippen LogP) is 2.00. The van der Waals surface area contributed by atoms with Gasteiger partial charge in [0.1, 0.15) is 0 Å². The number of hydrogen-bond acceptors (Lipinski definition) is 5. The van der Waals surface area contributed by atoms with Crippen molar-refractivity contribution in [1.29, 1.82) is 0 Å².